The number of hydrogen-bond donors (Lipinski definition) is 0. The van der Waals surface area contributed by atoms with E-state index in [9.17, 15) is 0 Å². The summed E-state index contributed by atoms with van der Waals surface area (Å²) in [6, 6.07) is 10.6. The average Bonchev–Trinajstić information content (AvgIpc) is 3.17. The monoisotopic (exact) mass is 467 g/mol. The standard InChI is InChI=1S/C27H33NO4S/c1-17-18(2)27(20-15-23(30-4)25(32-6)24(16-20)31-5)33-26(17)19-10-11-22(29-3)21(14-19)28-12-8-7-9-13-28/h10-11,14-16H,7-9,12-13H2,1-6H3. The van der Waals surface area contributed by atoms with Gasteiger partial charge in [0, 0.05) is 22.8 Å². The second-order valence-electron chi connectivity index (χ2n) is 8.36. The normalized spacial score (nSPS) is 13.7. The molecule has 1 aliphatic heterocycles. The Balaban J connectivity index is 1.80. The first-order valence-electron chi connectivity index (χ1n) is 11.4. The molecule has 0 saturated carbocycles. The van der Waals surface area contributed by atoms with Crippen LogP contribution in [0.1, 0.15) is 30.4 Å². The molecule has 0 unspecified atom stereocenters. The second-order valence-corrected chi connectivity index (χ2v) is 9.38. The van der Waals surface area contributed by atoms with Crippen molar-refractivity contribution in [3.8, 4) is 43.9 Å². The van der Waals surface area contributed by atoms with E-state index in [0.29, 0.717) is 17.2 Å². The Morgan fingerprint density at radius 3 is 1.79 bits per heavy atom. The third-order valence-electron chi connectivity index (χ3n) is 6.51. The highest BCUT2D eigenvalue weighted by Crippen LogP contribution is 2.47. The summed E-state index contributed by atoms with van der Waals surface area (Å²) in [6.07, 6.45) is 3.77. The third-order valence-corrected chi connectivity index (χ3v) is 8.00. The van der Waals surface area contributed by atoms with E-state index in [1.165, 1.54) is 51.4 Å². The van der Waals surface area contributed by atoms with E-state index < -0.39 is 0 Å². The topological polar surface area (TPSA) is 40.2 Å². The van der Waals surface area contributed by atoms with Gasteiger partial charge in [-0.15, -0.1) is 11.3 Å². The maximum atomic E-state index is 5.71. The predicted molar refractivity (Wildman–Crippen MR) is 137 cm³/mol. The number of piperidine rings is 1. The van der Waals surface area contributed by atoms with Crippen LogP contribution in [-0.2, 0) is 0 Å². The average molecular weight is 468 g/mol. The van der Waals surface area contributed by atoms with E-state index >= 15 is 0 Å². The van der Waals surface area contributed by atoms with Crippen LogP contribution in [0.5, 0.6) is 23.0 Å². The Hall–Kier alpha value is -2.86. The van der Waals surface area contributed by atoms with E-state index in [1.807, 2.05) is 12.1 Å². The molecule has 0 N–H and O–H groups in total. The summed E-state index contributed by atoms with van der Waals surface area (Å²) in [5.74, 6) is 2.87. The molecule has 2 aromatic carbocycles. The molecule has 0 bridgehead atoms. The van der Waals surface area contributed by atoms with Crippen molar-refractivity contribution in [1.82, 2.24) is 0 Å². The fraction of sp³-hybridized carbons (Fsp3) is 0.407. The largest absolute Gasteiger partial charge is 0.495 e. The molecule has 0 aliphatic carbocycles. The molecular formula is C27H33NO4S. The van der Waals surface area contributed by atoms with Gasteiger partial charge in [0.25, 0.3) is 0 Å². The minimum absolute atomic E-state index is 0.608. The number of methoxy groups -OCH3 is 4. The van der Waals surface area contributed by atoms with Crippen LogP contribution in [0.15, 0.2) is 30.3 Å². The van der Waals surface area contributed by atoms with Gasteiger partial charge in [-0.1, -0.05) is 0 Å². The first-order valence-corrected chi connectivity index (χ1v) is 12.2. The molecular weight excluding hydrogens is 434 g/mol. The molecule has 5 nitrogen and oxygen atoms in total. The first kappa shape index (κ1) is 23.3. The van der Waals surface area contributed by atoms with Crippen molar-refractivity contribution in [3.63, 3.8) is 0 Å². The van der Waals surface area contributed by atoms with Gasteiger partial charge >= 0.3 is 0 Å². The van der Waals surface area contributed by atoms with E-state index in [0.717, 1.165) is 24.4 Å². The number of benzene rings is 2. The van der Waals surface area contributed by atoms with E-state index in [4.69, 9.17) is 18.9 Å². The van der Waals surface area contributed by atoms with Crippen molar-refractivity contribution >= 4 is 17.0 Å². The van der Waals surface area contributed by atoms with Crippen LogP contribution in [0.2, 0.25) is 0 Å². The Kier molecular flexibility index (Phi) is 7.03. The van der Waals surface area contributed by atoms with Gasteiger partial charge in [0.1, 0.15) is 5.75 Å². The van der Waals surface area contributed by atoms with Crippen molar-refractivity contribution < 1.29 is 18.9 Å². The van der Waals surface area contributed by atoms with Crippen LogP contribution in [0.4, 0.5) is 5.69 Å². The minimum Gasteiger partial charge on any atom is -0.495 e. The lowest BCUT2D eigenvalue weighted by Gasteiger charge is -2.30. The van der Waals surface area contributed by atoms with Crippen molar-refractivity contribution in [2.24, 2.45) is 0 Å². The predicted octanol–water partition coefficient (Wildman–Crippen LogP) is 6.72. The zero-order valence-corrected chi connectivity index (χ0v) is 21.2. The first-order chi connectivity index (χ1) is 16.0. The quantitative estimate of drug-likeness (QED) is 0.386. The molecule has 1 aliphatic rings. The van der Waals surface area contributed by atoms with E-state index in [2.05, 4.69) is 36.9 Å². The zero-order valence-electron chi connectivity index (χ0n) is 20.4. The van der Waals surface area contributed by atoms with Crippen molar-refractivity contribution in [3.05, 3.63) is 41.5 Å². The zero-order chi connectivity index (χ0) is 23.5. The number of rotatable bonds is 7. The van der Waals surface area contributed by atoms with Crippen LogP contribution >= 0.6 is 11.3 Å². The Bertz CT molecular complexity index is 1110. The van der Waals surface area contributed by atoms with Gasteiger partial charge in [-0.05, 0) is 85.7 Å². The van der Waals surface area contributed by atoms with Crippen molar-refractivity contribution in [2.75, 3.05) is 46.4 Å². The lowest BCUT2D eigenvalue weighted by atomic mass is 10.0. The number of thiophene rings is 1. The molecule has 2 heterocycles. The number of anilines is 1. The van der Waals surface area contributed by atoms with Crippen LogP contribution in [0.25, 0.3) is 20.9 Å². The Labute approximate surface area is 200 Å². The van der Waals surface area contributed by atoms with Gasteiger partial charge in [-0.25, -0.2) is 0 Å². The van der Waals surface area contributed by atoms with Gasteiger partial charge in [0.15, 0.2) is 11.5 Å². The summed E-state index contributed by atoms with van der Waals surface area (Å²) in [7, 11) is 6.69. The molecule has 4 rings (SSSR count). The van der Waals surface area contributed by atoms with Gasteiger partial charge < -0.3 is 23.8 Å². The molecule has 176 valence electrons. The minimum atomic E-state index is 0.608. The Morgan fingerprint density at radius 2 is 1.24 bits per heavy atom. The van der Waals surface area contributed by atoms with Crippen LogP contribution in [0, 0.1) is 13.8 Å². The molecule has 33 heavy (non-hydrogen) atoms. The van der Waals surface area contributed by atoms with E-state index in [1.54, 1.807) is 39.8 Å². The number of hydrogen-bond acceptors (Lipinski definition) is 6. The molecule has 0 atom stereocenters. The summed E-state index contributed by atoms with van der Waals surface area (Å²) in [5, 5.41) is 0. The van der Waals surface area contributed by atoms with Gasteiger partial charge in [-0.3, -0.25) is 0 Å². The maximum absolute atomic E-state index is 5.71. The van der Waals surface area contributed by atoms with Crippen molar-refractivity contribution in [1.29, 1.82) is 0 Å². The summed E-state index contributed by atoms with van der Waals surface area (Å²) >= 11 is 1.80. The number of ether oxygens (including phenoxy) is 4. The molecule has 3 aromatic rings. The molecule has 0 spiro atoms. The van der Waals surface area contributed by atoms with Gasteiger partial charge in [-0.2, -0.15) is 0 Å². The summed E-state index contributed by atoms with van der Waals surface area (Å²) < 4.78 is 22.4. The summed E-state index contributed by atoms with van der Waals surface area (Å²) in [5.41, 5.74) is 6.03. The molecule has 0 radical (unpaired) electrons. The maximum Gasteiger partial charge on any atom is 0.203 e. The summed E-state index contributed by atoms with van der Waals surface area (Å²) in [4.78, 5) is 4.94. The number of nitrogens with zero attached hydrogens (tertiary/aromatic N) is 1. The van der Waals surface area contributed by atoms with Gasteiger partial charge in [0.05, 0.1) is 34.1 Å². The van der Waals surface area contributed by atoms with Crippen molar-refractivity contribution in [2.45, 2.75) is 33.1 Å². The highest BCUT2D eigenvalue weighted by Gasteiger charge is 2.21. The Morgan fingerprint density at radius 1 is 0.667 bits per heavy atom. The van der Waals surface area contributed by atoms with Crippen LogP contribution in [-0.4, -0.2) is 41.5 Å². The molecule has 1 aromatic heterocycles. The highest BCUT2D eigenvalue weighted by atomic mass is 32.1. The van der Waals surface area contributed by atoms with E-state index in [-0.39, 0.29) is 0 Å². The highest BCUT2D eigenvalue weighted by molar-refractivity contribution is 7.19. The fourth-order valence-electron chi connectivity index (χ4n) is 4.57. The molecule has 1 fully saturated rings. The smallest absolute Gasteiger partial charge is 0.203 e. The molecule has 1 saturated heterocycles. The molecule has 0 amide bonds. The van der Waals surface area contributed by atoms with Gasteiger partial charge in [0.2, 0.25) is 5.75 Å². The third kappa shape index (κ3) is 4.36. The van der Waals surface area contributed by atoms with Crippen LogP contribution < -0.4 is 23.8 Å². The fourth-order valence-corrected chi connectivity index (χ4v) is 5.87. The lowest BCUT2D eigenvalue weighted by molar-refractivity contribution is 0.324. The summed E-state index contributed by atoms with van der Waals surface area (Å²) in [6.45, 7) is 6.55. The molecule has 6 heteroatoms. The second kappa shape index (κ2) is 9.96. The van der Waals surface area contributed by atoms with Crippen LogP contribution in [0.3, 0.4) is 0 Å². The lowest BCUT2D eigenvalue weighted by Crippen LogP contribution is -2.29. The SMILES string of the molecule is COc1ccc(-c2sc(-c3cc(OC)c(OC)c(OC)c3)c(C)c2C)cc1N1CCCCC1.